The molecule has 20 heavy (non-hydrogen) atoms. The fraction of sp³-hybridized carbons (Fsp3) is 0.429. The maximum Gasteiger partial charge on any atom is 0.323 e. The highest BCUT2D eigenvalue weighted by molar-refractivity contribution is 5.81. The van der Waals surface area contributed by atoms with Crippen LogP contribution in [0.3, 0.4) is 0 Å². The summed E-state index contributed by atoms with van der Waals surface area (Å²) in [6.07, 6.45) is 0.687. The van der Waals surface area contributed by atoms with Crippen LogP contribution in [0.5, 0.6) is 11.5 Å². The summed E-state index contributed by atoms with van der Waals surface area (Å²) in [6, 6.07) is 4.34. The molecule has 0 bridgehead atoms. The molecule has 0 fully saturated rings. The van der Waals surface area contributed by atoms with Gasteiger partial charge >= 0.3 is 5.97 Å². The summed E-state index contributed by atoms with van der Waals surface area (Å²) < 4.78 is 0. The molecular weight excluding hydrogens is 262 g/mol. The molecule has 6 heteroatoms. The minimum atomic E-state index is -1.05. The van der Waals surface area contributed by atoms with Crippen LogP contribution < -0.4 is 0 Å². The Kier molecular flexibility index (Phi) is 5.37. The van der Waals surface area contributed by atoms with E-state index in [9.17, 15) is 19.8 Å². The molecule has 1 aromatic carbocycles. The molecule has 1 unspecified atom stereocenters. The van der Waals surface area contributed by atoms with Crippen molar-refractivity contribution in [1.82, 2.24) is 4.90 Å². The van der Waals surface area contributed by atoms with Gasteiger partial charge in [-0.25, -0.2) is 0 Å². The maximum atomic E-state index is 11.7. The number of rotatable bonds is 6. The summed E-state index contributed by atoms with van der Waals surface area (Å²) in [7, 11) is 1.44. The lowest BCUT2D eigenvalue weighted by Gasteiger charge is -2.17. The molecule has 0 heterocycles. The van der Waals surface area contributed by atoms with Crippen LogP contribution in [0.25, 0.3) is 0 Å². The largest absolute Gasteiger partial charge is 0.508 e. The first kappa shape index (κ1) is 15.8. The Morgan fingerprint density at radius 2 is 1.95 bits per heavy atom. The third-order valence-electron chi connectivity index (χ3n) is 3.13. The predicted molar refractivity (Wildman–Crippen MR) is 72.7 cm³/mol. The second-order valence-electron chi connectivity index (χ2n) is 4.83. The molecule has 1 rings (SSSR count). The van der Waals surface area contributed by atoms with Gasteiger partial charge in [-0.05, 0) is 24.0 Å². The number of aromatic hydroxyl groups is 2. The molecule has 0 aliphatic rings. The summed E-state index contributed by atoms with van der Waals surface area (Å²) in [4.78, 5) is 23.4. The van der Waals surface area contributed by atoms with E-state index in [1.54, 1.807) is 6.07 Å². The summed E-state index contributed by atoms with van der Waals surface area (Å²) in [6.45, 7) is 1.54. The first-order valence-electron chi connectivity index (χ1n) is 6.29. The minimum Gasteiger partial charge on any atom is -0.508 e. The minimum absolute atomic E-state index is 0.0103. The number of carboxylic acid groups (broad SMARTS) is 1. The van der Waals surface area contributed by atoms with Crippen molar-refractivity contribution in [2.45, 2.75) is 25.7 Å². The number of amides is 1. The highest BCUT2D eigenvalue weighted by Crippen LogP contribution is 2.31. The average molecular weight is 281 g/mol. The molecule has 0 radical (unpaired) electrons. The maximum absolute atomic E-state index is 11.7. The zero-order valence-electron chi connectivity index (χ0n) is 11.5. The molecule has 0 saturated heterocycles. The van der Waals surface area contributed by atoms with Gasteiger partial charge in [-0.2, -0.15) is 0 Å². The van der Waals surface area contributed by atoms with E-state index in [-0.39, 0.29) is 36.3 Å². The molecular formula is C14H19NO5. The van der Waals surface area contributed by atoms with Crippen molar-refractivity contribution < 1.29 is 24.9 Å². The van der Waals surface area contributed by atoms with Gasteiger partial charge < -0.3 is 20.2 Å². The van der Waals surface area contributed by atoms with Crippen LogP contribution in [0.4, 0.5) is 0 Å². The Balaban J connectivity index is 2.56. The number of nitrogens with zero attached hydrogens (tertiary/aromatic N) is 1. The Morgan fingerprint density at radius 3 is 2.50 bits per heavy atom. The van der Waals surface area contributed by atoms with E-state index in [2.05, 4.69) is 0 Å². The number of carboxylic acids is 1. The van der Waals surface area contributed by atoms with Crippen molar-refractivity contribution in [2.24, 2.45) is 0 Å². The number of hydrogen-bond acceptors (Lipinski definition) is 4. The van der Waals surface area contributed by atoms with Crippen molar-refractivity contribution in [3.8, 4) is 11.5 Å². The second kappa shape index (κ2) is 6.79. The average Bonchev–Trinajstić information content (AvgIpc) is 2.34. The van der Waals surface area contributed by atoms with Crippen LogP contribution >= 0.6 is 0 Å². The van der Waals surface area contributed by atoms with Gasteiger partial charge in [0, 0.05) is 19.5 Å². The molecule has 0 saturated carbocycles. The standard InChI is InChI=1S/C14H19NO5/c1-9(11-5-4-10(16)7-12(11)17)3-6-13(18)15(2)8-14(19)20/h4-5,7,9,16-17H,3,6,8H2,1-2H3,(H,19,20). The van der Waals surface area contributed by atoms with Crippen LogP contribution in [0.1, 0.15) is 31.2 Å². The van der Waals surface area contributed by atoms with E-state index in [0.717, 1.165) is 4.90 Å². The first-order valence-corrected chi connectivity index (χ1v) is 6.29. The molecule has 0 aliphatic carbocycles. The molecule has 110 valence electrons. The van der Waals surface area contributed by atoms with E-state index in [4.69, 9.17) is 5.11 Å². The SMILES string of the molecule is CC(CCC(=O)N(C)CC(=O)O)c1ccc(O)cc1O. The van der Waals surface area contributed by atoms with Gasteiger partial charge in [0.15, 0.2) is 0 Å². The lowest BCUT2D eigenvalue weighted by Crippen LogP contribution is -2.31. The summed E-state index contributed by atoms with van der Waals surface area (Å²) in [5, 5.41) is 27.5. The summed E-state index contributed by atoms with van der Waals surface area (Å²) >= 11 is 0. The molecule has 1 amide bonds. The summed E-state index contributed by atoms with van der Waals surface area (Å²) in [5.41, 5.74) is 0.650. The molecule has 1 atom stereocenters. The van der Waals surface area contributed by atoms with Crippen LogP contribution in [-0.2, 0) is 9.59 Å². The lowest BCUT2D eigenvalue weighted by molar-refractivity contribution is -0.143. The third-order valence-corrected chi connectivity index (χ3v) is 3.13. The number of benzene rings is 1. The highest BCUT2D eigenvalue weighted by Gasteiger charge is 2.16. The van der Waals surface area contributed by atoms with Crippen molar-refractivity contribution >= 4 is 11.9 Å². The first-order chi connectivity index (χ1) is 9.31. The van der Waals surface area contributed by atoms with Gasteiger partial charge in [0.1, 0.15) is 18.0 Å². The lowest BCUT2D eigenvalue weighted by atomic mass is 9.95. The highest BCUT2D eigenvalue weighted by atomic mass is 16.4. The van der Waals surface area contributed by atoms with Gasteiger partial charge in [-0.3, -0.25) is 9.59 Å². The molecule has 0 aromatic heterocycles. The van der Waals surface area contributed by atoms with Crippen LogP contribution in [0.2, 0.25) is 0 Å². The Hall–Kier alpha value is -2.24. The Morgan fingerprint density at radius 1 is 1.30 bits per heavy atom. The number of hydrogen-bond donors (Lipinski definition) is 3. The van der Waals surface area contributed by atoms with Crippen molar-refractivity contribution in [3.05, 3.63) is 23.8 Å². The van der Waals surface area contributed by atoms with Crippen LogP contribution in [0.15, 0.2) is 18.2 Å². The van der Waals surface area contributed by atoms with E-state index < -0.39 is 5.97 Å². The van der Waals surface area contributed by atoms with E-state index >= 15 is 0 Å². The number of phenols is 2. The van der Waals surface area contributed by atoms with Crippen molar-refractivity contribution in [3.63, 3.8) is 0 Å². The number of likely N-dealkylation sites (N-methyl/N-ethyl adjacent to an activating group) is 1. The number of carbonyl (C=O) groups is 2. The van der Waals surface area contributed by atoms with E-state index in [1.807, 2.05) is 6.92 Å². The van der Waals surface area contributed by atoms with Gasteiger partial charge in [-0.15, -0.1) is 0 Å². The number of aliphatic carboxylic acids is 1. The van der Waals surface area contributed by atoms with Gasteiger partial charge in [-0.1, -0.05) is 13.0 Å². The Labute approximate surface area is 117 Å². The number of carbonyl (C=O) groups excluding carboxylic acids is 1. The molecule has 1 aromatic rings. The molecule has 0 spiro atoms. The van der Waals surface area contributed by atoms with Gasteiger partial charge in [0.25, 0.3) is 0 Å². The molecule has 3 N–H and O–H groups in total. The normalized spacial score (nSPS) is 11.9. The smallest absolute Gasteiger partial charge is 0.323 e. The quantitative estimate of drug-likeness (QED) is 0.734. The number of phenolic OH excluding ortho intramolecular Hbond substituents is 2. The fourth-order valence-corrected chi connectivity index (χ4v) is 1.93. The van der Waals surface area contributed by atoms with Crippen molar-refractivity contribution in [2.75, 3.05) is 13.6 Å². The van der Waals surface area contributed by atoms with E-state index in [1.165, 1.54) is 19.2 Å². The topological polar surface area (TPSA) is 98.1 Å². The zero-order chi connectivity index (χ0) is 15.3. The van der Waals surface area contributed by atoms with Crippen LogP contribution in [-0.4, -0.2) is 45.7 Å². The summed E-state index contributed by atoms with van der Waals surface area (Å²) in [5.74, 6) is -1.40. The van der Waals surface area contributed by atoms with Crippen LogP contribution in [0, 0.1) is 0 Å². The third kappa shape index (κ3) is 4.46. The van der Waals surface area contributed by atoms with Crippen molar-refractivity contribution in [1.29, 1.82) is 0 Å². The molecule has 6 nitrogen and oxygen atoms in total. The van der Waals surface area contributed by atoms with Gasteiger partial charge in [0.05, 0.1) is 0 Å². The monoisotopic (exact) mass is 281 g/mol. The fourth-order valence-electron chi connectivity index (χ4n) is 1.93. The Bertz CT molecular complexity index is 500. The van der Waals surface area contributed by atoms with Gasteiger partial charge in [0.2, 0.25) is 5.91 Å². The molecule has 0 aliphatic heterocycles. The van der Waals surface area contributed by atoms with E-state index in [0.29, 0.717) is 12.0 Å². The predicted octanol–water partition coefficient (Wildman–Crippen LogP) is 1.52. The second-order valence-corrected chi connectivity index (χ2v) is 4.83. The zero-order valence-corrected chi connectivity index (χ0v) is 11.5.